The predicted octanol–water partition coefficient (Wildman–Crippen LogP) is 4.24. The number of carbonyl (C=O) groups excluding carboxylic acids is 2. The summed E-state index contributed by atoms with van der Waals surface area (Å²) < 4.78 is 16.6. The minimum atomic E-state index is -0.165. The van der Waals surface area contributed by atoms with Gasteiger partial charge in [0.15, 0.2) is 23.9 Å². The molecule has 0 atom stereocenters. The van der Waals surface area contributed by atoms with Gasteiger partial charge < -0.3 is 19.1 Å². The summed E-state index contributed by atoms with van der Waals surface area (Å²) in [6.07, 6.45) is 5.26. The number of nitrogens with zero attached hydrogens (tertiary/aromatic N) is 1. The maximum atomic E-state index is 12.5. The number of unbranched alkanes of at least 4 members (excludes halogenated alkanes) is 1. The number of ether oxygens (including phenoxy) is 3. The molecule has 0 aliphatic heterocycles. The molecule has 0 bridgehead atoms. The van der Waals surface area contributed by atoms with E-state index in [0.717, 1.165) is 18.4 Å². The Hall–Kier alpha value is -3.28. The standard InChI is InChI=1S/C24H29NO5/c1-5-6-14-29-22-13-11-18(15-23(22)28-4)10-12-21(26)19-8-7-9-20(16-19)30-17-24(27)25(2)3/h7-13,15-16H,5-6,14,17H2,1-4H3/b12-10+. The lowest BCUT2D eigenvalue weighted by molar-refractivity contribution is -0.130. The highest BCUT2D eigenvalue weighted by molar-refractivity contribution is 6.07. The van der Waals surface area contributed by atoms with Crippen molar-refractivity contribution < 1.29 is 23.8 Å². The van der Waals surface area contributed by atoms with Crippen LogP contribution in [-0.4, -0.2) is 51.0 Å². The van der Waals surface area contributed by atoms with Crippen molar-refractivity contribution in [1.82, 2.24) is 4.90 Å². The van der Waals surface area contributed by atoms with E-state index in [0.29, 0.717) is 29.4 Å². The van der Waals surface area contributed by atoms with Crippen molar-refractivity contribution >= 4 is 17.8 Å². The molecule has 6 nitrogen and oxygen atoms in total. The fraction of sp³-hybridized carbons (Fsp3) is 0.333. The van der Waals surface area contributed by atoms with Crippen LogP contribution >= 0.6 is 0 Å². The summed E-state index contributed by atoms with van der Waals surface area (Å²) in [7, 11) is 4.91. The van der Waals surface area contributed by atoms with E-state index in [1.807, 2.05) is 18.2 Å². The normalized spacial score (nSPS) is 10.7. The van der Waals surface area contributed by atoms with Gasteiger partial charge in [0.05, 0.1) is 13.7 Å². The number of benzene rings is 2. The lowest BCUT2D eigenvalue weighted by atomic mass is 10.1. The smallest absolute Gasteiger partial charge is 0.259 e. The lowest BCUT2D eigenvalue weighted by Gasteiger charge is -2.11. The Kier molecular flexibility index (Phi) is 8.94. The van der Waals surface area contributed by atoms with Gasteiger partial charge in [0.1, 0.15) is 5.75 Å². The monoisotopic (exact) mass is 411 g/mol. The van der Waals surface area contributed by atoms with Gasteiger partial charge in [0, 0.05) is 19.7 Å². The molecule has 0 heterocycles. The van der Waals surface area contributed by atoms with Crippen molar-refractivity contribution in [3.05, 3.63) is 59.7 Å². The van der Waals surface area contributed by atoms with Gasteiger partial charge in [0.25, 0.3) is 5.91 Å². The summed E-state index contributed by atoms with van der Waals surface area (Å²) in [5.41, 5.74) is 1.31. The minimum Gasteiger partial charge on any atom is -0.493 e. The molecular formula is C24H29NO5. The fourth-order valence-corrected chi connectivity index (χ4v) is 2.52. The first-order valence-electron chi connectivity index (χ1n) is 9.90. The van der Waals surface area contributed by atoms with Crippen LogP contribution in [0.15, 0.2) is 48.5 Å². The third-order valence-electron chi connectivity index (χ3n) is 4.35. The van der Waals surface area contributed by atoms with Gasteiger partial charge in [-0.3, -0.25) is 9.59 Å². The van der Waals surface area contributed by atoms with Crippen LogP contribution in [0.25, 0.3) is 6.08 Å². The molecule has 2 aromatic carbocycles. The zero-order valence-corrected chi connectivity index (χ0v) is 18.0. The number of carbonyl (C=O) groups is 2. The molecule has 0 fully saturated rings. The van der Waals surface area contributed by atoms with Crippen LogP contribution in [0.1, 0.15) is 35.7 Å². The molecule has 2 rings (SSSR count). The predicted molar refractivity (Wildman–Crippen MR) is 117 cm³/mol. The Morgan fingerprint density at radius 3 is 2.53 bits per heavy atom. The molecule has 0 aromatic heterocycles. The summed E-state index contributed by atoms with van der Waals surface area (Å²) in [5.74, 6) is 1.47. The van der Waals surface area contributed by atoms with Crippen molar-refractivity contribution in [3.8, 4) is 17.2 Å². The number of likely N-dealkylation sites (N-methyl/N-ethyl adjacent to an activating group) is 1. The summed E-state index contributed by atoms with van der Waals surface area (Å²) in [6, 6.07) is 12.3. The Labute approximate surface area is 178 Å². The van der Waals surface area contributed by atoms with E-state index in [2.05, 4.69) is 6.92 Å². The molecule has 0 saturated heterocycles. The second kappa shape index (κ2) is 11.7. The molecule has 0 saturated carbocycles. The van der Waals surface area contributed by atoms with Gasteiger partial charge in [0.2, 0.25) is 0 Å². The summed E-state index contributed by atoms with van der Waals surface area (Å²) in [5, 5.41) is 0. The zero-order chi connectivity index (χ0) is 21.9. The van der Waals surface area contributed by atoms with Gasteiger partial charge >= 0.3 is 0 Å². The largest absolute Gasteiger partial charge is 0.493 e. The summed E-state index contributed by atoms with van der Waals surface area (Å²) >= 11 is 0. The highest BCUT2D eigenvalue weighted by Gasteiger charge is 2.08. The average Bonchev–Trinajstić information content (AvgIpc) is 2.76. The molecule has 2 aromatic rings. The molecule has 1 amide bonds. The molecule has 0 aliphatic carbocycles. The number of hydrogen-bond acceptors (Lipinski definition) is 5. The number of methoxy groups -OCH3 is 1. The maximum Gasteiger partial charge on any atom is 0.259 e. The van der Waals surface area contributed by atoms with E-state index in [9.17, 15) is 9.59 Å². The number of hydrogen-bond donors (Lipinski definition) is 0. The zero-order valence-electron chi connectivity index (χ0n) is 18.0. The van der Waals surface area contributed by atoms with E-state index in [1.54, 1.807) is 51.5 Å². The fourth-order valence-electron chi connectivity index (χ4n) is 2.52. The van der Waals surface area contributed by atoms with Gasteiger partial charge in [-0.1, -0.05) is 37.6 Å². The van der Waals surface area contributed by atoms with E-state index in [-0.39, 0.29) is 18.3 Å². The topological polar surface area (TPSA) is 65.1 Å². The Morgan fingerprint density at radius 2 is 1.83 bits per heavy atom. The summed E-state index contributed by atoms with van der Waals surface area (Å²) in [6.45, 7) is 2.67. The van der Waals surface area contributed by atoms with Crippen molar-refractivity contribution in [1.29, 1.82) is 0 Å². The highest BCUT2D eigenvalue weighted by Crippen LogP contribution is 2.29. The second-order valence-corrected chi connectivity index (χ2v) is 6.91. The van der Waals surface area contributed by atoms with E-state index in [4.69, 9.17) is 14.2 Å². The van der Waals surface area contributed by atoms with Gasteiger partial charge in [-0.2, -0.15) is 0 Å². The molecule has 0 aliphatic rings. The molecule has 30 heavy (non-hydrogen) atoms. The van der Waals surface area contributed by atoms with Crippen LogP contribution in [0.4, 0.5) is 0 Å². The number of amides is 1. The van der Waals surface area contributed by atoms with Crippen LogP contribution in [0.2, 0.25) is 0 Å². The molecule has 0 spiro atoms. The van der Waals surface area contributed by atoms with E-state index in [1.165, 1.54) is 11.0 Å². The van der Waals surface area contributed by atoms with Crippen molar-refractivity contribution in [2.45, 2.75) is 19.8 Å². The maximum absolute atomic E-state index is 12.5. The Morgan fingerprint density at radius 1 is 1.03 bits per heavy atom. The van der Waals surface area contributed by atoms with Gasteiger partial charge in [-0.15, -0.1) is 0 Å². The molecule has 0 unspecified atom stereocenters. The minimum absolute atomic E-state index is 0.0764. The van der Waals surface area contributed by atoms with E-state index >= 15 is 0 Å². The lowest BCUT2D eigenvalue weighted by Crippen LogP contribution is -2.27. The number of allylic oxidation sites excluding steroid dienone is 1. The number of rotatable bonds is 11. The van der Waals surface area contributed by atoms with Crippen LogP contribution < -0.4 is 14.2 Å². The SMILES string of the molecule is CCCCOc1ccc(/C=C/C(=O)c2cccc(OCC(=O)N(C)C)c2)cc1OC. The molecule has 0 radical (unpaired) electrons. The second-order valence-electron chi connectivity index (χ2n) is 6.91. The van der Waals surface area contributed by atoms with Crippen molar-refractivity contribution in [2.24, 2.45) is 0 Å². The molecular weight excluding hydrogens is 382 g/mol. The van der Waals surface area contributed by atoms with Crippen LogP contribution in [0, 0.1) is 0 Å². The van der Waals surface area contributed by atoms with Crippen LogP contribution in [-0.2, 0) is 4.79 Å². The quantitative estimate of drug-likeness (QED) is 0.314. The summed E-state index contributed by atoms with van der Waals surface area (Å²) in [4.78, 5) is 25.6. The number of ketones is 1. The van der Waals surface area contributed by atoms with Crippen molar-refractivity contribution in [2.75, 3.05) is 34.4 Å². The molecule has 0 N–H and O–H groups in total. The Balaban J connectivity index is 2.04. The first kappa shape index (κ1) is 23.0. The average molecular weight is 411 g/mol. The van der Waals surface area contributed by atoms with Crippen LogP contribution in [0.5, 0.6) is 17.2 Å². The van der Waals surface area contributed by atoms with Crippen molar-refractivity contribution in [3.63, 3.8) is 0 Å². The molecule has 6 heteroatoms. The Bertz CT molecular complexity index is 889. The highest BCUT2D eigenvalue weighted by atomic mass is 16.5. The third kappa shape index (κ3) is 6.95. The van der Waals surface area contributed by atoms with Gasteiger partial charge in [-0.05, 0) is 42.3 Å². The first-order chi connectivity index (χ1) is 14.4. The first-order valence-corrected chi connectivity index (χ1v) is 9.90. The van der Waals surface area contributed by atoms with Gasteiger partial charge in [-0.25, -0.2) is 0 Å². The third-order valence-corrected chi connectivity index (χ3v) is 4.35. The molecule has 160 valence electrons. The van der Waals surface area contributed by atoms with E-state index < -0.39 is 0 Å². The van der Waals surface area contributed by atoms with Crippen LogP contribution in [0.3, 0.4) is 0 Å².